The maximum atomic E-state index is 8.99. The number of nitrogens with zero attached hydrogens (tertiary/aromatic N) is 2. The van der Waals surface area contributed by atoms with E-state index in [2.05, 4.69) is 16.3 Å². The lowest BCUT2D eigenvalue weighted by molar-refractivity contribution is 0.127. The largest absolute Gasteiger partial charge is 0.382 e. The molecular weight excluding hydrogens is 178 g/mol. The fourth-order valence-electron chi connectivity index (χ4n) is 2.53. The monoisotopic (exact) mass is 195 g/mol. The Bertz CT molecular complexity index is 226. The van der Waals surface area contributed by atoms with Crippen molar-refractivity contribution in [3.8, 4) is 6.07 Å². The molecule has 2 saturated heterocycles. The summed E-state index contributed by atoms with van der Waals surface area (Å²) in [5.74, 6) is 1.51. The lowest BCUT2D eigenvalue weighted by atomic mass is 10.0. The molecule has 0 spiro atoms. The Balaban J connectivity index is 1.91. The number of nitriles is 1. The quantitative estimate of drug-likeness (QED) is 0.670. The van der Waals surface area contributed by atoms with Crippen molar-refractivity contribution in [3.63, 3.8) is 0 Å². The van der Waals surface area contributed by atoms with Crippen LogP contribution < -0.4 is 5.32 Å². The fourth-order valence-corrected chi connectivity index (χ4v) is 2.53. The van der Waals surface area contributed by atoms with Crippen LogP contribution in [-0.4, -0.2) is 50.8 Å². The second kappa shape index (κ2) is 4.26. The normalized spacial score (nSPS) is 34.0. The number of nitrogens with one attached hydrogen (secondary N) is 1. The molecular formula is C10H17N3O. The molecule has 78 valence electrons. The number of ether oxygens (including phenoxy) is 1. The Morgan fingerprint density at radius 1 is 1.50 bits per heavy atom. The minimum Gasteiger partial charge on any atom is -0.382 e. The molecule has 4 nitrogen and oxygen atoms in total. The van der Waals surface area contributed by atoms with Gasteiger partial charge < -0.3 is 10.1 Å². The van der Waals surface area contributed by atoms with Crippen molar-refractivity contribution >= 4 is 0 Å². The second-order valence-corrected chi connectivity index (χ2v) is 4.23. The molecule has 0 saturated carbocycles. The third-order valence-corrected chi connectivity index (χ3v) is 3.33. The highest BCUT2D eigenvalue weighted by molar-refractivity contribution is 4.99. The van der Waals surface area contributed by atoms with Gasteiger partial charge in [0.15, 0.2) is 0 Å². The summed E-state index contributed by atoms with van der Waals surface area (Å²) in [6.45, 7) is 4.88. The highest BCUT2D eigenvalue weighted by atomic mass is 16.5. The standard InChI is InChI=1S/C10H17N3O/c1-14-7-10(2-11)13-5-8-3-12-4-9(8)6-13/h8-10,12H,3-7H2,1H3. The van der Waals surface area contributed by atoms with Crippen LogP contribution in [0.4, 0.5) is 0 Å². The SMILES string of the molecule is COCC(C#N)N1CC2CNCC2C1. The highest BCUT2D eigenvalue weighted by Crippen LogP contribution is 2.27. The molecule has 3 atom stereocenters. The summed E-state index contributed by atoms with van der Waals surface area (Å²) in [6, 6.07) is 2.26. The number of methoxy groups -OCH3 is 1. The average Bonchev–Trinajstić information content (AvgIpc) is 2.73. The molecule has 0 aromatic rings. The van der Waals surface area contributed by atoms with Crippen molar-refractivity contribution in [1.82, 2.24) is 10.2 Å². The van der Waals surface area contributed by atoms with E-state index in [0.29, 0.717) is 6.61 Å². The zero-order valence-electron chi connectivity index (χ0n) is 8.57. The molecule has 14 heavy (non-hydrogen) atoms. The van der Waals surface area contributed by atoms with E-state index in [1.165, 1.54) is 0 Å². The molecule has 0 radical (unpaired) electrons. The maximum Gasteiger partial charge on any atom is 0.121 e. The molecule has 0 bridgehead atoms. The van der Waals surface area contributed by atoms with Crippen molar-refractivity contribution in [2.75, 3.05) is 39.9 Å². The molecule has 2 aliphatic heterocycles. The van der Waals surface area contributed by atoms with Gasteiger partial charge in [-0.1, -0.05) is 0 Å². The highest BCUT2D eigenvalue weighted by Gasteiger charge is 2.38. The molecule has 0 aromatic heterocycles. The van der Waals surface area contributed by atoms with E-state index in [4.69, 9.17) is 10.00 Å². The first kappa shape index (κ1) is 9.91. The van der Waals surface area contributed by atoms with Gasteiger partial charge in [-0.05, 0) is 24.9 Å². The van der Waals surface area contributed by atoms with Crippen molar-refractivity contribution in [2.24, 2.45) is 11.8 Å². The van der Waals surface area contributed by atoms with Crippen LogP contribution >= 0.6 is 0 Å². The van der Waals surface area contributed by atoms with Crippen molar-refractivity contribution in [2.45, 2.75) is 6.04 Å². The number of fused-ring (bicyclic) bond motifs is 1. The Hall–Kier alpha value is -0.630. The van der Waals surface area contributed by atoms with Crippen molar-refractivity contribution in [3.05, 3.63) is 0 Å². The van der Waals surface area contributed by atoms with Crippen LogP contribution in [0.5, 0.6) is 0 Å². The molecule has 0 aliphatic carbocycles. The first-order valence-electron chi connectivity index (χ1n) is 5.18. The van der Waals surface area contributed by atoms with Crippen LogP contribution in [0.15, 0.2) is 0 Å². The lowest BCUT2D eigenvalue weighted by Crippen LogP contribution is -2.37. The van der Waals surface area contributed by atoms with Crippen LogP contribution in [0, 0.1) is 23.2 Å². The Morgan fingerprint density at radius 3 is 2.64 bits per heavy atom. The van der Waals surface area contributed by atoms with Gasteiger partial charge in [0, 0.05) is 20.2 Å². The van der Waals surface area contributed by atoms with Crippen molar-refractivity contribution < 1.29 is 4.74 Å². The topological polar surface area (TPSA) is 48.3 Å². The Labute approximate surface area is 84.8 Å². The molecule has 1 N–H and O–H groups in total. The van der Waals surface area contributed by atoms with Crippen molar-refractivity contribution in [1.29, 1.82) is 5.26 Å². The zero-order valence-corrected chi connectivity index (χ0v) is 8.57. The van der Waals surface area contributed by atoms with E-state index in [1.807, 2.05) is 0 Å². The minimum atomic E-state index is -0.0504. The Kier molecular flexibility index (Phi) is 3.02. The van der Waals surface area contributed by atoms with Gasteiger partial charge >= 0.3 is 0 Å². The fraction of sp³-hybridized carbons (Fsp3) is 0.900. The Morgan fingerprint density at radius 2 is 2.14 bits per heavy atom. The smallest absolute Gasteiger partial charge is 0.121 e. The van der Waals surface area contributed by atoms with Crippen LogP contribution in [0.3, 0.4) is 0 Å². The summed E-state index contributed by atoms with van der Waals surface area (Å²) in [5.41, 5.74) is 0. The summed E-state index contributed by atoms with van der Waals surface area (Å²) < 4.78 is 5.05. The predicted molar refractivity (Wildman–Crippen MR) is 52.7 cm³/mol. The van der Waals surface area contributed by atoms with Gasteiger partial charge in [-0.2, -0.15) is 5.26 Å². The van der Waals surface area contributed by atoms with Crippen LogP contribution in [0.25, 0.3) is 0 Å². The van der Waals surface area contributed by atoms with E-state index in [1.54, 1.807) is 7.11 Å². The summed E-state index contributed by atoms with van der Waals surface area (Å²) >= 11 is 0. The van der Waals surface area contributed by atoms with E-state index in [9.17, 15) is 0 Å². The molecule has 0 amide bonds. The molecule has 2 rings (SSSR count). The zero-order chi connectivity index (χ0) is 9.97. The first-order chi connectivity index (χ1) is 6.85. The third kappa shape index (κ3) is 1.76. The van der Waals surface area contributed by atoms with Gasteiger partial charge in [-0.15, -0.1) is 0 Å². The molecule has 2 aliphatic rings. The van der Waals surface area contributed by atoms with Gasteiger partial charge in [0.2, 0.25) is 0 Å². The molecule has 0 aromatic carbocycles. The second-order valence-electron chi connectivity index (χ2n) is 4.23. The van der Waals surface area contributed by atoms with Gasteiger partial charge in [0.1, 0.15) is 6.04 Å². The lowest BCUT2D eigenvalue weighted by Gasteiger charge is -2.21. The number of hydrogen-bond donors (Lipinski definition) is 1. The summed E-state index contributed by atoms with van der Waals surface area (Å²) in [5, 5.41) is 12.4. The summed E-state index contributed by atoms with van der Waals surface area (Å²) in [7, 11) is 1.66. The number of hydrogen-bond acceptors (Lipinski definition) is 4. The van der Waals surface area contributed by atoms with Crippen LogP contribution in [-0.2, 0) is 4.74 Å². The van der Waals surface area contributed by atoms with Gasteiger partial charge in [0.25, 0.3) is 0 Å². The molecule has 2 heterocycles. The molecule has 4 heteroatoms. The maximum absolute atomic E-state index is 8.99. The first-order valence-corrected chi connectivity index (χ1v) is 5.18. The summed E-state index contributed by atoms with van der Waals surface area (Å²) in [6.07, 6.45) is 0. The van der Waals surface area contributed by atoms with Gasteiger partial charge in [0.05, 0.1) is 12.7 Å². The van der Waals surface area contributed by atoms with E-state index < -0.39 is 0 Å². The number of rotatable bonds is 3. The number of likely N-dealkylation sites (tertiary alicyclic amines) is 1. The summed E-state index contributed by atoms with van der Waals surface area (Å²) in [4.78, 5) is 2.26. The van der Waals surface area contributed by atoms with Crippen LogP contribution in [0.2, 0.25) is 0 Å². The van der Waals surface area contributed by atoms with E-state index in [0.717, 1.165) is 38.0 Å². The molecule has 3 unspecified atom stereocenters. The average molecular weight is 195 g/mol. The van der Waals surface area contributed by atoms with Gasteiger partial charge in [-0.3, -0.25) is 4.90 Å². The van der Waals surface area contributed by atoms with E-state index in [-0.39, 0.29) is 6.04 Å². The molecule has 2 fully saturated rings. The predicted octanol–water partition coefficient (Wildman–Crippen LogP) is -0.324. The van der Waals surface area contributed by atoms with E-state index >= 15 is 0 Å². The van der Waals surface area contributed by atoms with Crippen LogP contribution in [0.1, 0.15) is 0 Å². The van der Waals surface area contributed by atoms with Gasteiger partial charge in [-0.25, -0.2) is 0 Å². The third-order valence-electron chi connectivity index (χ3n) is 3.33. The minimum absolute atomic E-state index is 0.0504.